The van der Waals surface area contributed by atoms with Crippen LogP contribution >= 0.6 is 0 Å². The Balaban J connectivity index is 1.91. The molecule has 2 N–H and O–H groups in total. The van der Waals surface area contributed by atoms with Crippen molar-refractivity contribution in [3.8, 4) is 11.5 Å². The molecular weight excluding hydrogens is 304 g/mol. The molecule has 0 spiro atoms. The average Bonchev–Trinajstić information content (AvgIpc) is 2.50. The van der Waals surface area contributed by atoms with Crippen molar-refractivity contribution in [1.82, 2.24) is 0 Å². The van der Waals surface area contributed by atoms with Crippen LogP contribution in [0.1, 0.15) is 47.9 Å². The lowest BCUT2D eigenvalue weighted by molar-refractivity contribution is -0.117. The number of hydrogen-bond acceptors (Lipinski definition) is 4. The molecule has 0 aromatic heterocycles. The van der Waals surface area contributed by atoms with E-state index in [0.29, 0.717) is 85.2 Å². The van der Waals surface area contributed by atoms with Gasteiger partial charge in [-0.15, -0.1) is 0 Å². The van der Waals surface area contributed by atoms with Crippen molar-refractivity contribution in [3.05, 3.63) is 44.5 Å². The molecule has 0 aliphatic heterocycles. The Labute approximate surface area is 139 Å². The van der Waals surface area contributed by atoms with Gasteiger partial charge in [0.05, 0.1) is 0 Å². The fourth-order valence-electron chi connectivity index (χ4n) is 4.98. The lowest BCUT2D eigenvalue weighted by Crippen LogP contribution is -2.29. The number of Topliss-reactive ketones (excluding diaryl/α,β-unsaturated/α-hetero) is 2. The second kappa shape index (κ2) is 4.59. The third-order valence-corrected chi connectivity index (χ3v) is 6.20. The second-order valence-electron chi connectivity index (χ2n) is 7.18. The van der Waals surface area contributed by atoms with Gasteiger partial charge in [-0.05, 0) is 51.4 Å². The van der Waals surface area contributed by atoms with Gasteiger partial charge < -0.3 is 10.2 Å². The highest BCUT2D eigenvalue weighted by atomic mass is 16.3. The van der Waals surface area contributed by atoms with Crippen LogP contribution in [0.3, 0.4) is 0 Å². The van der Waals surface area contributed by atoms with Gasteiger partial charge in [-0.2, -0.15) is 0 Å². The summed E-state index contributed by atoms with van der Waals surface area (Å²) in [6.07, 6.45) is 3.88. The van der Waals surface area contributed by atoms with E-state index in [1.54, 1.807) is 0 Å². The Morgan fingerprint density at radius 2 is 0.708 bits per heavy atom. The first-order chi connectivity index (χ1) is 11.6. The molecule has 3 aliphatic carbocycles. The maximum Gasteiger partial charge on any atom is 0.185 e. The SMILES string of the molecule is O=C1C2=C3CCc4c(O)c5c(c(O)c4CC2)CCC1=C(CC5)C3=O. The van der Waals surface area contributed by atoms with Gasteiger partial charge in [-0.3, -0.25) is 9.59 Å². The number of fused-ring (bicyclic) bond motifs is 2. The summed E-state index contributed by atoms with van der Waals surface area (Å²) < 4.78 is 0. The summed E-state index contributed by atoms with van der Waals surface area (Å²) in [6, 6.07) is 0. The number of aromatic hydroxyl groups is 2. The molecule has 4 nitrogen and oxygen atoms in total. The minimum atomic E-state index is 0.0559. The van der Waals surface area contributed by atoms with Crippen LogP contribution in [0.5, 0.6) is 11.5 Å². The molecule has 0 radical (unpaired) electrons. The normalized spacial score (nSPS) is 21.8. The molecule has 3 aliphatic rings. The van der Waals surface area contributed by atoms with Crippen LogP contribution in [0.25, 0.3) is 0 Å². The van der Waals surface area contributed by atoms with E-state index in [1.165, 1.54) is 0 Å². The first kappa shape index (κ1) is 14.0. The lowest BCUT2D eigenvalue weighted by Gasteiger charge is -2.32. The Morgan fingerprint density at radius 3 is 0.958 bits per heavy atom. The van der Waals surface area contributed by atoms with Crippen LogP contribution in [0.4, 0.5) is 0 Å². The van der Waals surface area contributed by atoms with Crippen molar-refractivity contribution in [2.75, 3.05) is 0 Å². The Morgan fingerprint density at radius 1 is 0.458 bits per heavy atom. The largest absolute Gasteiger partial charge is 0.507 e. The Kier molecular flexibility index (Phi) is 2.68. The molecular formula is C20H18O4. The predicted molar refractivity (Wildman–Crippen MR) is 87.1 cm³/mol. The summed E-state index contributed by atoms with van der Waals surface area (Å²) in [5.41, 5.74) is 5.70. The minimum Gasteiger partial charge on any atom is -0.507 e. The third-order valence-electron chi connectivity index (χ3n) is 6.20. The number of allylic oxidation sites excluding steroid dienone is 4. The molecule has 0 saturated heterocycles. The fourth-order valence-corrected chi connectivity index (χ4v) is 4.98. The van der Waals surface area contributed by atoms with E-state index in [4.69, 9.17) is 0 Å². The van der Waals surface area contributed by atoms with Gasteiger partial charge in [0.2, 0.25) is 0 Å². The van der Waals surface area contributed by atoms with Gasteiger partial charge >= 0.3 is 0 Å². The van der Waals surface area contributed by atoms with E-state index >= 15 is 0 Å². The quantitative estimate of drug-likeness (QED) is 0.569. The molecule has 4 heteroatoms. The van der Waals surface area contributed by atoms with Crippen molar-refractivity contribution in [1.29, 1.82) is 0 Å². The molecule has 1 aromatic rings. The van der Waals surface area contributed by atoms with Crippen LogP contribution < -0.4 is 0 Å². The van der Waals surface area contributed by atoms with E-state index in [2.05, 4.69) is 0 Å². The molecule has 0 heterocycles. The number of carbonyl (C=O) groups excluding carboxylic acids is 2. The van der Waals surface area contributed by atoms with Crippen LogP contribution in [-0.2, 0) is 35.3 Å². The molecule has 0 saturated carbocycles. The number of phenolic OH excluding ortho intramolecular Hbond substituents is 2. The molecule has 0 amide bonds. The van der Waals surface area contributed by atoms with Gasteiger partial charge in [0, 0.05) is 44.5 Å². The van der Waals surface area contributed by atoms with E-state index in [0.717, 1.165) is 22.3 Å². The molecule has 4 rings (SSSR count). The Bertz CT molecular complexity index is 774. The maximum atomic E-state index is 13.0. The summed E-state index contributed by atoms with van der Waals surface area (Å²) in [4.78, 5) is 26.0. The molecule has 122 valence electrons. The number of rotatable bonds is 0. The number of phenols is 2. The van der Waals surface area contributed by atoms with Crippen molar-refractivity contribution >= 4 is 11.6 Å². The van der Waals surface area contributed by atoms with Gasteiger partial charge in [0.15, 0.2) is 11.6 Å². The smallest absolute Gasteiger partial charge is 0.185 e. The van der Waals surface area contributed by atoms with E-state index in [-0.39, 0.29) is 11.6 Å². The zero-order chi connectivity index (χ0) is 16.6. The average molecular weight is 322 g/mol. The monoisotopic (exact) mass is 322 g/mol. The van der Waals surface area contributed by atoms with Crippen LogP contribution in [0, 0.1) is 0 Å². The maximum absolute atomic E-state index is 13.0. The summed E-state index contributed by atoms with van der Waals surface area (Å²) in [5.74, 6) is 0.732. The van der Waals surface area contributed by atoms with E-state index in [9.17, 15) is 19.8 Å². The topological polar surface area (TPSA) is 74.6 Å². The lowest BCUT2D eigenvalue weighted by atomic mass is 9.71. The highest BCUT2D eigenvalue weighted by Crippen LogP contribution is 2.47. The van der Waals surface area contributed by atoms with E-state index in [1.807, 2.05) is 0 Å². The highest BCUT2D eigenvalue weighted by Gasteiger charge is 2.38. The summed E-state index contributed by atoms with van der Waals surface area (Å²) in [7, 11) is 0. The summed E-state index contributed by atoms with van der Waals surface area (Å²) >= 11 is 0. The minimum absolute atomic E-state index is 0.0559. The molecule has 24 heavy (non-hydrogen) atoms. The van der Waals surface area contributed by atoms with Crippen molar-refractivity contribution in [3.63, 3.8) is 0 Å². The first-order valence-electron chi connectivity index (χ1n) is 8.68. The molecule has 0 bridgehead atoms. The van der Waals surface area contributed by atoms with Crippen LogP contribution in [0.15, 0.2) is 22.3 Å². The standard InChI is InChI=1S/C20H18O4/c21-17-9-1-2-10-12-4-3-11(9)19(23)14-7-8-16(20(12)24)15(18(10)22)6-5-13(14)17/h21,23H,1-8H2. The first-order valence-corrected chi connectivity index (χ1v) is 8.68. The van der Waals surface area contributed by atoms with E-state index < -0.39 is 0 Å². The summed E-state index contributed by atoms with van der Waals surface area (Å²) in [6.45, 7) is 0. The van der Waals surface area contributed by atoms with Crippen molar-refractivity contribution in [2.24, 2.45) is 0 Å². The van der Waals surface area contributed by atoms with Gasteiger partial charge in [-0.25, -0.2) is 0 Å². The number of ketones is 2. The molecule has 1 aromatic carbocycles. The number of benzene rings is 1. The zero-order valence-corrected chi connectivity index (χ0v) is 13.4. The van der Waals surface area contributed by atoms with Crippen molar-refractivity contribution < 1.29 is 19.8 Å². The van der Waals surface area contributed by atoms with Gasteiger partial charge in [-0.1, -0.05) is 0 Å². The number of hydrogen-bond donors (Lipinski definition) is 2. The zero-order valence-electron chi connectivity index (χ0n) is 13.4. The molecule has 0 atom stereocenters. The Hall–Kier alpha value is -2.36. The second-order valence-corrected chi connectivity index (χ2v) is 7.18. The predicted octanol–water partition coefficient (Wildman–Crippen LogP) is 2.61. The molecule has 0 fully saturated rings. The van der Waals surface area contributed by atoms with Gasteiger partial charge in [0.1, 0.15) is 11.5 Å². The fraction of sp³-hybridized carbons (Fsp3) is 0.400. The third kappa shape index (κ3) is 1.58. The summed E-state index contributed by atoms with van der Waals surface area (Å²) in [5, 5.41) is 21.7. The number of carbonyl (C=O) groups is 2. The van der Waals surface area contributed by atoms with Crippen LogP contribution in [-0.4, -0.2) is 21.8 Å². The van der Waals surface area contributed by atoms with Crippen LogP contribution in [0.2, 0.25) is 0 Å². The highest BCUT2D eigenvalue weighted by molar-refractivity contribution is 6.25. The van der Waals surface area contributed by atoms with Gasteiger partial charge in [0.25, 0.3) is 0 Å². The van der Waals surface area contributed by atoms with Crippen molar-refractivity contribution in [2.45, 2.75) is 51.4 Å². The molecule has 0 unspecified atom stereocenters.